The Bertz CT molecular complexity index is 933. The number of aryl methyl sites for hydroxylation is 1. The summed E-state index contributed by atoms with van der Waals surface area (Å²) in [6, 6.07) is 15.5. The van der Waals surface area contributed by atoms with E-state index in [0.717, 1.165) is 35.3 Å². The molecule has 0 saturated heterocycles. The number of aromatic nitrogens is 2. The number of nitrogens with two attached hydrogens (primary N) is 1. The number of pyridine rings is 2. The highest BCUT2D eigenvalue weighted by Crippen LogP contribution is 2.29. The minimum absolute atomic E-state index is 0.398. The van der Waals surface area contributed by atoms with Gasteiger partial charge in [0.2, 0.25) is 5.91 Å². The van der Waals surface area contributed by atoms with Crippen molar-refractivity contribution in [2.24, 2.45) is 5.73 Å². The third-order valence-corrected chi connectivity index (χ3v) is 5.32. The summed E-state index contributed by atoms with van der Waals surface area (Å²) in [6.07, 6.45) is 10.0. The van der Waals surface area contributed by atoms with E-state index in [0.29, 0.717) is 26.0 Å². The molecule has 0 spiro atoms. The second-order valence-electron chi connectivity index (χ2n) is 7.54. The number of nitrogens with one attached hydrogen (secondary N) is 1. The second-order valence-corrected chi connectivity index (χ2v) is 7.54. The number of nitrogens with zero attached hydrogens (tertiary/aromatic N) is 2. The Morgan fingerprint density at radius 3 is 2.19 bits per heavy atom. The molecule has 0 aliphatic rings. The van der Waals surface area contributed by atoms with Gasteiger partial charge in [0.1, 0.15) is 11.3 Å². The molecule has 6 nitrogen and oxygen atoms in total. The molecular formula is C25H30N4O2. The Morgan fingerprint density at radius 2 is 1.65 bits per heavy atom. The van der Waals surface area contributed by atoms with Gasteiger partial charge in [0.05, 0.1) is 6.61 Å². The molecule has 0 aliphatic heterocycles. The van der Waals surface area contributed by atoms with E-state index in [2.05, 4.69) is 22.2 Å². The van der Waals surface area contributed by atoms with Gasteiger partial charge in [0.15, 0.2) is 0 Å². The summed E-state index contributed by atoms with van der Waals surface area (Å²) in [7, 11) is 0. The largest absolute Gasteiger partial charge is 0.494 e. The third-order valence-electron chi connectivity index (χ3n) is 5.32. The number of hydrogen-bond donors (Lipinski definition) is 2. The van der Waals surface area contributed by atoms with Crippen LogP contribution in [0.5, 0.6) is 5.75 Å². The monoisotopic (exact) mass is 418 g/mol. The zero-order chi connectivity index (χ0) is 21.9. The van der Waals surface area contributed by atoms with E-state index in [1.807, 2.05) is 60.9 Å². The number of benzene rings is 1. The number of amides is 1. The number of ether oxygens (including phenoxy) is 1. The standard InChI is InChI=1S/C25H30N4O2/c1-2-17-31-23-9-7-22(8-10-23)25(24(26)30,13-11-20-5-3-14-27-18-20)29-16-12-21-6-4-15-28-19-21/h3-10,14-15,18-19,29H,2,11-13,16-17H2,1H3,(H2,26,30). The van der Waals surface area contributed by atoms with Crippen LogP contribution in [0.4, 0.5) is 0 Å². The van der Waals surface area contributed by atoms with Crippen LogP contribution in [0.25, 0.3) is 0 Å². The molecule has 1 unspecified atom stereocenters. The van der Waals surface area contributed by atoms with Crippen molar-refractivity contribution in [3.8, 4) is 5.75 Å². The Morgan fingerprint density at radius 1 is 1.00 bits per heavy atom. The van der Waals surface area contributed by atoms with Crippen LogP contribution in [0.3, 0.4) is 0 Å². The van der Waals surface area contributed by atoms with Gasteiger partial charge in [0.25, 0.3) is 0 Å². The molecule has 2 heterocycles. The summed E-state index contributed by atoms with van der Waals surface area (Å²) in [4.78, 5) is 21.2. The molecule has 0 saturated carbocycles. The summed E-state index contributed by atoms with van der Waals surface area (Å²) in [5, 5.41) is 3.47. The van der Waals surface area contributed by atoms with Crippen LogP contribution in [0.1, 0.15) is 36.5 Å². The van der Waals surface area contributed by atoms with Crippen LogP contribution < -0.4 is 15.8 Å². The van der Waals surface area contributed by atoms with Crippen LogP contribution in [-0.4, -0.2) is 29.0 Å². The highest BCUT2D eigenvalue weighted by atomic mass is 16.5. The molecule has 0 aliphatic carbocycles. The van der Waals surface area contributed by atoms with Gasteiger partial charge in [0, 0.05) is 31.3 Å². The first kappa shape index (κ1) is 22.4. The lowest BCUT2D eigenvalue weighted by Gasteiger charge is -2.33. The van der Waals surface area contributed by atoms with Gasteiger partial charge in [-0.25, -0.2) is 0 Å². The minimum Gasteiger partial charge on any atom is -0.494 e. The van der Waals surface area contributed by atoms with E-state index >= 15 is 0 Å². The molecule has 1 atom stereocenters. The zero-order valence-electron chi connectivity index (χ0n) is 18.0. The lowest BCUT2D eigenvalue weighted by molar-refractivity contribution is -0.125. The summed E-state index contributed by atoms with van der Waals surface area (Å²) >= 11 is 0. The average molecular weight is 419 g/mol. The molecule has 3 rings (SSSR count). The molecule has 0 bridgehead atoms. The molecule has 0 fully saturated rings. The van der Waals surface area contributed by atoms with E-state index < -0.39 is 11.4 Å². The van der Waals surface area contributed by atoms with Crippen molar-refractivity contribution in [1.29, 1.82) is 0 Å². The maximum absolute atomic E-state index is 12.8. The summed E-state index contributed by atoms with van der Waals surface area (Å²) in [6.45, 7) is 3.32. The topological polar surface area (TPSA) is 90.1 Å². The molecular weight excluding hydrogens is 388 g/mol. The van der Waals surface area contributed by atoms with Gasteiger partial charge in [-0.2, -0.15) is 0 Å². The van der Waals surface area contributed by atoms with Crippen LogP contribution in [0.2, 0.25) is 0 Å². The van der Waals surface area contributed by atoms with Gasteiger partial charge in [-0.15, -0.1) is 0 Å². The Balaban J connectivity index is 1.83. The van der Waals surface area contributed by atoms with E-state index in [4.69, 9.17) is 10.5 Å². The molecule has 1 aromatic carbocycles. The van der Waals surface area contributed by atoms with Crippen molar-refractivity contribution in [2.45, 2.75) is 38.1 Å². The van der Waals surface area contributed by atoms with Crippen molar-refractivity contribution in [3.63, 3.8) is 0 Å². The maximum atomic E-state index is 12.8. The van der Waals surface area contributed by atoms with Gasteiger partial charge in [-0.3, -0.25) is 20.1 Å². The van der Waals surface area contributed by atoms with Gasteiger partial charge in [-0.1, -0.05) is 31.2 Å². The van der Waals surface area contributed by atoms with Crippen LogP contribution in [0.15, 0.2) is 73.3 Å². The SMILES string of the molecule is CCCOc1ccc(C(CCc2cccnc2)(NCCc2cccnc2)C(N)=O)cc1. The molecule has 1 amide bonds. The van der Waals surface area contributed by atoms with E-state index in [-0.39, 0.29) is 0 Å². The normalized spacial score (nSPS) is 12.8. The van der Waals surface area contributed by atoms with E-state index in [9.17, 15) is 4.79 Å². The summed E-state index contributed by atoms with van der Waals surface area (Å²) in [5.74, 6) is 0.386. The fourth-order valence-corrected chi connectivity index (χ4v) is 3.59. The smallest absolute Gasteiger partial charge is 0.242 e. The zero-order valence-corrected chi connectivity index (χ0v) is 18.0. The first-order valence-corrected chi connectivity index (χ1v) is 10.7. The summed E-state index contributed by atoms with van der Waals surface area (Å²) in [5.41, 5.74) is 8.00. The van der Waals surface area contributed by atoms with Crippen molar-refractivity contribution < 1.29 is 9.53 Å². The average Bonchev–Trinajstić information content (AvgIpc) is 2.81. The van der Waals surface area contributed by atoms with Crippen molar-refractivity contribution in [2.75, 3.05) is 13.2 Å². The molecule has 0 radical (unpaired) electrons. The Hall–Kier alpha value is -3.25. The number of hydrogen-bond acceptors (Lipinski definition) is 5. The van der Waals surface area contributed by atoms with Crippen molar-refractivity contribution in [1.82, 2.24) is 15.3 Å². The lowest BCUT2D eigenvalue weighted by atomic mass is 9.83. The first-order valence-electron chi connectivity index (χ1n) is 10.7. The van der Waals surface area contributed by atoms with Gasteiger partial charge < -0.3 is 10.5 Å². The lowest BCUT2D eigenvalue weighted by Crippen LogP contribution is -2.53. The van der Waals surface area contributed by atoms with Gasteiger partial charge >= 0.3 is 0 Å². The maximum Gasteiger partial charge on any atom is 0.242 e. The third kappa shape index (κ3) is 6.12. The first-order chi connectivity index (χ1) is 15.1. The van der Waals surface area contributed by atoms with E-state index in [1.165, 1.54) is 0 Å². The molecule has 6 heteroatoms. The molecule has 2 aromatic heterocycles. The molecule has 3 N–H and O–H groups in total. The Kier molecular flexibility index (Phi) is 8.12. The predicted octanol–water partition coefficient (Wildman–Crippen LogP) is 3.41. The molecule has 3 aromatic rings. The minimum atomic E-state index is -0.999. The Labute approximate surface area is 183 Å². The number of rotatable bonds is 12. The fraction of sp³-hybridized carbons (Fsp3) is 0.320. The highest BCUT2D eigenvalue weighted by molar-refractivity contribution is 5.86. The van der Waals surface area contributed by atoms with Crippen molar-refractivity contribution in [3.05, 3.63) is 90.0 Å². The van der Waals surface area contributed by atoms with Crippen LogP contribution >= 0.6 is 0 Å². The fourth-order valence-electron chi connectivity index (χ4n) is 3.59. The number of primary amides is 1. The van der Waals surface area contributed by atoms with E-state index in [1.54, 1.807) is 12.4 Å². The van der Waals surface area contributed by atoms with Crippen molar-refractivity contribution >= 4 is 5.91 Å². The van der Waals surface area contributed by atoms with Crippen LogP contribution in [-0.2, 0) is 23.2 Å². The predicted molar refractivity (Wildman–Crippen MR) is 122 cm³/mol. The number of carbonyl (C=O) groups is 1. The molecule has 31 heavy (non-hydrogen) atoms. The molecule has 162 valence electrons. The second kappa shape index (κ2) is 11.2. The van der Waals surface area contributed by atoms with Crippen LogP contribution in [0, 0.1) is 0 Å². The summed E-state index contributed by atoms with van der Waals surface area (Å²) < 4.78 is 5.70. The number of carbonyl (C=O) groups excluding carboxylic acids is 1. The van der Waals surface area contributed by atoms with Gasteiger partial charge in [-0.05, 0) is 66.6 Å². The quantitative estimate of drug-likeness (QED) is 0.470. The highest BCUT2D eigenvalue weighted by Gasteiger charge is 2.37.